The molecule has 2 rings (SSSR count). The zero-order valence-corrected chi connectivity index (χ0v) is 13.8. The first-order valence-electron chi connectivity index (χ1n) is 8.25. The van der Waals surface area contributed by atoms with Crippen LogP contribution in [-0.4, -0.2) is 73.4 Å². The van der Waals surface area contributed by atoms with Crippen LogP contribution in [0, 0.1) is 6.92 Å². The maximum atomic E-state index is 12.1. The number of aliphatic hydroxyl groups excluding tert-OH is 1. The molecule has 1 fully saturated rings. The number of rotatable bonds is 7. The molecule has 6 nitrogen and oxygen atoms in total. The summed E-state index contributed by atoms with van der Waals surface area (Å²) in [6.07, 6.45) is 0.782. The largest absolute Gasteiger partial charge is 0.493 e. The Kier molecular flexibility index (Phi) is 7.16. The molecular weight excluding hydrogens is 294 g/mol. The van der Waals surface area contributed by atoms with Gasteiger partial charge in [-0.25, -0.2) is 4.79 Å². The second kappa shape index (κ2) is 9.37. The van der Waals surface area contributed by atoms with E-state index in [1.54, 1.807) is 0 Å². The van der Waals surface area contributed by atoms with Crippen molar-refractivity contribution >= 4 is 6.03 Å². The van der Waals surface area contributed by atoms with Crippen molar-refractivity contribution in [1.82, 2.24) is 15.1 Å². The topological polar surface area (TPSA) is 65.0 Å². The summed E-state index contributed by atoms with van der Waals surface area (Å²) in [6, 6.07) is 7.92. The molecule has 0 radical (unpaired) electrons. The van der Waals surface area contributed by atoms with Gasteiger partial charge in [-0.3, -0.25) is 4.90 Å². The molecule has 1 aromatic carbocycles. The van der Waals surface area contributed by atoms with Gasteiger partial charge in [0.15, 0.2) is 0 Å². The normalized spacial score (nSPS) is 15.5. The summed E-state index contributed by atoms with van der Waals surface area (Å²) < 4.78 is 5.71. The van der Waals surface area contributed by atoms with E-state index in [1.165, 1.54) is 0 Å². The Hall–Kier alpha value is -1.79. The third kappa shape index (κ3) is 5.73. The molecule has 1 saturated heterocycles. The van der Waals surface area contributed by atoms with E-state index in [2.05, 4.69) is 10.2 Å². The quantitative estimate of drug-likeness (QED) is 0.738. The molecule has 1 aliphatic heterocycles. The summed E-state index contributed by atoms with van der Waals surface area (Å²) in [5, 5.41) is 11.9. The number of aryl methyl sites for hydroxylation is 1. The van der Waals surface area contributed by atoms with E-state index in [4.69, 9.17) is 9.84 Å². The van der Waals surface area contributed by atoms with E-state index in [0.717, 1.165) is 30.8 Å². The summed E-state index contributed by atoms with van der Waals surface area (Å²) in [4.78, 5) is 16.1. The number of urea groups is 1. The summed E-state index contributed by atoms with van der Waals surface area (Å²) in [5.41, 5.74) is 1.12. The fourth-order valence-electron chi connectivity index (χ4n) is 2.60. The molecule has 0 aliphatic carbocycles. The van der Waals surface area contributed by atoms with Crippen molar-refractivity contribution < 1.29 is 14.6 Å². The average Bonchev–Trinajstić information content (AvgIpc) is 2.57. The van der Waals surface area contributed by atoms with Gasteiger partial charge in [-0.2, -0.15) is 0 Å². The molecule has 23 heavy (non-hydrogen) atoms. The number of piperazine rings is 1. The van der Waals surface area contributed by atoms with Gasteiger partial charge < -0.3 is 20.1 Å². The number of β-amino-alcohol motifs (C(OH)–C–C–N with tert-alkyl or cyclic N) is 1. The summed E-state index contributed by atoms with van der Waals surface area (Å²) in [6.45, 7) is 7.16. The molecule has 0 saturated carbocycles. The highest BCUT2D eigenvalue weighted by atomic mass is 16.5. The summed E-state index contributed by atoms with van der Waals surface area (Å²) in [5.74, 6) is 0.902. The Labute approximate surface area is 138 Å². The van der Waals surface area contributed by atoms with Crippen LogP contribution in [0.2, 0.25) is 0 Å². The first-order chi connectivity index (χ1) is 11.2. The highest BCUT2D eigenvalue weighted by molar-refractivity contribution is 5.74. The lowest BCUT2D eigenvalue weighted by Gasteiger charge is -2.34. The SMILES string of the molecule is Cc1ccccc1OCCCNC(=O)N1CCN(CCO)CC1. The number of carbonyl (C=O) groups excluding carboxylic acids is 1. The van der Waals surface area contributed by atoms with Crippen molar-refractivity contribution in [1.29, 1.82) is 0 Å². The van der Waals surface area contributed by atoms with Gasteiger partial charge in [0.25, 0.3) is 0 Å². The zero-order chi connectivity index (χ0) is 16.5. The van der Waals surface area contributed by atoms with E-state index in [1.807, 2.05) is 36.1 Å². The highest BCUT2D eigenvalue weighted by Crippen LogP contribution is 2.15. The van der Waals surface area contributed by atoms with Crippen LogP contribution in [0.5, 0.6) is 5.75 Å². The number of benzene rings is 1. The molecule has 0 unspecified atom stereocenters. The fourth-order valence-corrected chi connectivity index (χ4v) is 2.60. The van der Waals surface area contributed by atoms with Crippen molar-refractivity contribution in [3.63, 3.8) is 0 Å². The predicted molar refractivity (Wildman–Crippen MR) is 89.8 cm³/mol. The van der Waals surface area contributed by atoms with Crippen molar-refractivity contribution in [2.75, 3.05) is 52.5 Å². The molecule has 1 heterocycles. The van der Waals surface area contributed by atoms with Crippen molar-refractivity contribution in [3.8, 4) is 5.75 Å². The van der Waals surface area contributed by atoms with Crippen LogP contribution in [0.3, 0.4) is 0 Å². The van der Waals surface area contributed by atoms with Gasteiger partial charge in [-0.1, -0.05) is 18.2 Å². The molecule has 6 heteroatoms. The van der Waals surface area contributed by atoms with Crippen LogP contribution in [-0.2, 0) is 0 Å². The Morgan fingerprint density at radius 3 is 2.70 bits per heavy atom. The van der Waals surface area contributed by atoms with Crippen LogP contribution in [0.15, 0.2) is 24.3 Å². The Morgan fingerprint density at radius 2 is 2.00 bits per heavy atom. The molecule has 1 aliphatic rings. The molecule has 1 aromatic rings. The number of hydrogen-bond donors (Lipinski definition) is 2. The molecule has 2 amide bonds. The second-order valence-electron chi connectivity index (χ2n) is 5.75. The minimum atomic E-state index is -0.00969. The van der Waals surface area contributed by atoms with Gasteiger partial charge >= 0.3 is 6.03 Å². The van der Waals surface area contributed by atoms with Crippen LogP contribution in [0.1, 0.15) is 12.0 Å². The van der Waals surface area contributed by atoms with Crippen LogP contribution < -0.4 is 10.1 Å². The maximum Gasteiger partial charge on any atom is 0.317 e. The number of aliphatic hydroxyl groups is 1. The predicted octanol–water partition coefficient (Wildman–Crippen LogP) is 1.08. The van der Waals surface area contributed by atoms with E-state index in [0.29, 0.717) is 32.8 Å². The number of hydrogen-bond acceptors (Lipinski definition) is 4. The number of amides is 2. The zero-order valence-electron chi connectivity index (χ0n) is 13.8. The minimum Gasteiger partial charge on any atom is -0.493 e. The van der Waals surface area contributed by atoms with Gasteiger partial charge in [-0.15, -0.1) is 0 Å². The summed E-state index contributed by atoms with van der Waals surface area (Å²) in [7, 11) is 0. The second-order valence-corrected chi connectivity index (χ2v) is 5.75. The smallest absolute Gasteiger partial charge is 0.317 e. The third-order valence-electron chi connectivity index (χ3n) is 4.02. The van der Waals surface area contributed by atoms with E-state index >= 15 is 0 Å². The van der Waals surface area contributed by atoms with Crippen molar-refractivity contribution in [2.24, 2.45) is 0 Å². The van der Waals surface area contributed by atoms with Gasteiger partial charge in [0.2, 0.25) is 0 Å². The van der Waals surface area contributed by atoms with E-state index in [-0.39, 0.29) is 12.6 Å². The number of para-hydroxylation sites is 1. The van der Waals surface area contributed by atoms with E-state index < -0.39 is 0 Å². The first kappa shape index (κ1) is 17.6. The maximum absolute atomic E-state index is 12.1. The van der Waals surface area contributed by atoms with Gasteiger partial charge in [-0.05, 0) is 25.0 Å². The molecule has 0 spiro atoms. The third-order valence-corrected chi connectivity index (χ3v) is 4.02. The number of nitrogens with one attached hydrogen (secondary N) is 1. The molecule has 0 aromatic heterocycles. The first-order valence-corrected chi connectivity index (χ1v) is 8.25. The lowest BCUT2D eigenvalue weighted by Crippen LogP contribution is -2.52. The standard InChI is InChI=1S/C17H27N3O3/c1-15-5-2-3-6-16(15)23-14-4-7-18-17(22)20-10-8-19(9-11-20)12-13-21/h2-3,5-6,21H,4,7-14H2,1H3,(H,18,22). The minimum absolute atomic E-state index is 0.00969. The lowest BCUT2D eigenvalue weighted by atomic mass is 10.2. The van der Waals surface area contributed by atoms with Gasteiger partial charge in [0, 0.05) is 39.3 Å². The Bertz CT molecular complexity index is 488. The Morgan fingerprint density at radius 1 is 1.26 bits per heavy atom. The number of ether oxygens (including phenoxy) is 1. The van der Waals surface area contributed by atoms with Crippen LogP contribution >= 0.6 is 0 Å². The molecule has 0 atom stereocenters. The van der Waals surface area contributed by atoms with Crippen LogP contribution in [0.25, 0.3) is 0 Å². The average molecular weight is 321 g/mol. The number of carbonyl (C=O) groups is 1. The molecule has 128 valence electrons. The fraction of sp³-hybridized carbons (Fsp3) is 0.588. The summed E-state index contributed by atoms with van der Waals surface area (Å²) >= 11 is 0. The lowest BCUT2D eigenvalue weighted by molar-refractivity contribution is 0.122. The van der Waals surface area contributed by atoms with Crippen molar-refractivity contribution in [2.45, 2.75) is 13.3 Å². The Balaban J connectivity index is 1.58. The highest BCUT2D eigenvalue weighted by Gasteiger charge is 2.20. The number of nitrogens with zero attached hydrogens (tertiary/aromatic N) is 2. The molecule has 2 N–H and O–H groups in total. The molecule has 0 bridgehead atoms. The monoisotopic (exact) mass is 321 g/mol. The van der Waals surface area contributed by atoms with Gasteiger partial charge in [0.05, 0.1) is 13.2 Å². The molecular formula is C17H27N3O3. The van der Waals surface area contributed by atoms with Crippen molar-refractivity contribution in [3.05, 3.63) is 29.8 Å². The van der Waals surface area contributed by atoms with E-state index in [9.17, 15) is 4.79 Å². The van der Waals surface area contributed by atoms with Gasteiger partial charge in [0.1, 0.15) is 5.75 Å². The van der Waals surface area contributed by atoms with Crippen LogP contribution in [0.4, 0.5) is 4.79 Å².